The van der Waals surface area contributed by atoms with Gasteiger partial charge >= 0.3 is 0 Å². The van der Waals surface area contributed by atoms with Crippen molar-refractivity contribution in [3.05, 3.63) is 41.7 Å². The second-order valence-corrected chi connectivity index (χ2v) is 5.89. The van der Waals surface area contributed by atoms with E-state index < -0.39 is 0 Å². The Morgan fingerprint density at radius 1 is 1.13 bits per heavy atom. The molecule has 0 aromatic carbocycles. The predicted molar refractivity (Wildman–Crippen MR) is 90.2 cm³/mol. The van der Waals surface area contributed by atoms with Crippen molar-refractivity contribution in [3.63, 3.8) is 0 Å². The Balaban J connectivity index is 1.52. The molecule has 1 fully saturated rings. The molecule has 0 unspecified atom stereocenters. The Kier molecular flexibility index (Phi) is 4.08. The van der Waals surface area contributed by atoms with Crippen LogP contribution >= 0.6 is 0 Å². The smallest absolute Gasteiger partial charge is 0.130 e. The summed E-state index contributed by atoms with van der Waals surface area (Å²) in [5.74, 6) is 1.87. The number of anilines is 3. The number of aromatic nitrogens is 2. The molecule has 2 N–H and O–H groups in total. The van der Waals surface area contributed by atoms with Crippen molar-refractivity contribution in [2.75, 3.05) is 43.1 Å². The quantitative estimate of drug-likeness (QED) is 0.900. The summed E-state index contributed by atoms with van der Waals surface area (Å²) in [6.45, 7) is 5.26. The molecule has 6 heteroatoms. The van der Waals surface area contributed by atoms with E-state index in [9.17, 15) is 0 Å². The largest absolute Gasteiger partial charge is 0.378 e. The van der Waals surface area contributed by atoms with Gasteiger partial charge in [0.1, 0.15) is 11.6 Å². The maximum atomic E-state index is 5.40. The van der Waals surface area contributed by atoms with E-state index in [1.165, 1.54) is 11.1 Å². The number of hydrogen-bond acceptors (Lipinski definition) is 6. The van der Waals surface area contributed by atoms with E-state index in [2.05, 4.69) is 37.6 Å². The van der Waals surface area contributed by atoms with Gasteiger partial charge in [-0.2, -0.15) is 0 Å². The van der Waals surface area contributed by atoms with Gasteiger partial charge in [-0.3, -0.25) is 0 Å². The topological polar surface area (TPSA) is 62.3 Å². The van der Waals surface area contributed by atoms with Crippen molar-refractivity contribution < 1.29 is 4.74 Å². The number of fused-ring (bicyclic) bond motifs is 1. The highest BCUT2D eigenvalue weighted by atomic mass is 16.5. The molecular formula is C17H21N5O. The Morgan fingerprint density at radius 3 is 2.96 bits per heavy atom. The van der Waals surface area contributed by atoms with Crippen LogP contribution in [0.1, 0.15) is 11.1 Å². The standard InChI is InChI=1S/C17H21N5O/c1-3-18-11-14-9-16(20-12-13(1)14)21-15-2-4-19-17(10-15)22-5-7-23-8-6-22/h2,4,9-10,12,18H,1,3,5-8,11H2,(H,19,20,21). The number of morpholine rings is 1. The lowest BCUT2D eigenvalue weighted by Crippen LogP contribution is -2.36. The second kappa shape index (κ2) is 6.52. The first-order chi connectivity index (χ1) is 11.4. The molecular weight excluding hydrogens is 290 g/mol. The zero-order chi connectivity index (χ0) is 15.5. The number of nitrogens with one attached hydrogen (secondary N) is 2. The molecule has 0 atom stereocenters. The summed E-state index contributed by atoms with van der Waals surface area (Å²) >= 11 is 0. The lowest BCUT2D eigenvalue weighted by molar-refractivity contribution is 0.122. The summed E-state index contributed by atoms with van der Waals surface area (Å²) in [6, 6.07) is 6.18. The molecule has 23 heavy (non-hydrogen) atoms. The molecule has 0 saturated carbocycles. The van der Waals surface area contributed by atoms with Crippen LogP contribution in [0.2, 0.25) is 0 Å². The molecule has 1 saturated heterocycles. The normalized spacial score (nSPS) is 17.7. The van der Waals surface area contributed by atoms with Crippen LogP contribution in [0, 0.1) is 0 Å². The average molecular weight is 311 g/mol. The van der Waals surface area contributed by atoms with Gasteiger partial charge in [0.15, 0.2) is 0 Å². The highest BCUT2D eigenvalue weighted by molar-refractivity contribution is 5.61. The predicted octanol–water partition coefficient (Wildman–Crippen LogP) is 1.70. The summed E-state index contributed by atoms with van der Waals surface area (Å²) in [7, 11) is 0. The lowest BCUT2D eigenvalue weighted by Gasteiger charge is -2.28. The Morgan fingerprint density at radius 2 is 2.04 bits per heavy atom. The van der Waals surface area contributed by atoms with Crippen LogP contribution in [0.15, 0.2) is 30.6 Å². The Hall–Kier alpha value is -2.18. The van der Waals surface area contributed by atoms with E-state index in [1.54, 1.807) is 0 Å². The van der Waals surface area contributed by atoms with Crippen LogP contribution in [0.25, 0.3) is 0 Å². The summed E-state index contributed by atoms with van der Waals surface area (Å²) in [5.41, 5.74) is 3.69. The highest BCUT2D eigenvalue weighted by Crippen LogP contribution is 2.22. The number of pyridine rings is 2. The SMILES string of the molecule is c1cc(Nc2cc3c(cn2)CCNC3)cc(N2CCOCC2)n1. The monoisotopic (exact) mass is 311 g/mol. The maximum Gasteiger partial charge on any atom is 0.130 e. The number of nitrogens with zero attached hydrogens (tertiary/aromatic N) is 3. The third-order valence-corrected chi connectivity index (χ3v) is 4.32. The zero-order valence-electron chi connectivity index (χ0n) is 13.1. The van der Waals surface area contributed by atoms with Crippen molar-refractivity contribution in [1.29, 1.82) is 0 Å². The number of ether oxygens (including phenoxy) is 1. The molecule has 0 aliphatic carbocycles. The molecule has 2 aliphatic heterocycles. The van der Waals surface area contributed by atoms with Crippen molar-refractivity contribution in [2.24, 2.45) is 0 Å². The molecule has 120 valence electrons. The molecule has 6 nitrogen and oxygen atoms in total. The number of hydrogen-bond donors (Lipinski definition) is 2. The van der Waals surface area contributed by atoms with E-state index in [1.807, 2.05) is 18.5 Å². The summed E-state index contributed by atoms with van der Waals surface area (Å²) < 4.78 is 5.40. The van der Waals surface area contributed by atoms with Crippen LogP contribution in [-0.4, -0.2) is 42.8 Å². The molecule has 2 aliphatic rings. The van der Waals surface area contributed by atoms with E-state index in [0.717, 1.165) is 63.1 Å². The minimum atomic E-state index is 0.763. The van der Waals surface area contributed by atoms with Crippen LogP contribution < -0.4 is 15.5 Å². The summed E-state index contributed by atoms with van der Waals surface area (Å²) in [6.07, 6.45) is 4.88. The first-order valence-electron chi connectivity index (χ1n) is 8.13. The minimum absolute atomic E-state index is 0.763. The van der Waals surface area contributed by atoms with E-state index in [-0.39, 0.29) is 0 Å². The van der Waals surface area contributed by atoms with E-state index in [0.29, 0.717) is 0 Å². The van der Waals surface area contributed by atoms with Gasteiger partial charge in [-0.1, -0.05) is 0 Å². The van der Waals surface area contributed by atoms with Crippen molar-refractivity contribution in [1.82, 2.24) is 15.3 Å². The minimum Gasteiger partial charge on any atom is -0.378 e. The second-order valence-electron chi connectivity index (χ2n) is 5.89. The van der Waals surface area contributed by atoms with Gasteiger partial charge in [-0.05, 0) is 36.2 Å². The van der Waals surface area contributed by atoms with Crippen molar-refractivity contribution >= 4 is 17.3 Å². The third-order valence-electron chi connectivity index (χ3n) is 4.32. The fourth-order valence-corrected chi connectivity index (χ4v) is 3.04. The molecule has 4 rings (SSSR count). The van der Waals surface area contributed by atoms with E-state index in [4.69, 9.17) is 4.74 Å². The Bertz CT molecular complexity index is 684. The number of rotatable bonds is 3. The summed E-state index contributed by atoms with van der Waals surface area (Å²) in [4.78, 5) is 11.3. The molecule has 4 heterocycles. The maximum absolute atomic E-state index is 5.40. The fourth-order valence-electron chi connectivity index (χ4n) is 3.04. The molecule has 2 aromatic rings. The first kappa shape index (κ1) is 14.4. The van der Waals surface area contributed by atoms with Crippen molar-refractivity contribution in [2.45, 2.75) is 13.0 Å². The highest BCUT2D eigenvalue weighted by Gasteiger charge is 2.13. The molecule has 0 amide bonds. The molecule has 0 radical (unpaired) electrons. The van der Waals surface area contributed by atoms with Crippen LogP contribution in [0.5, 0.6) is 0 Å². The van der Waals surface area contributed by atoms with Gasteiger partial charge in [-0.25, -0.2) is 9.97 Å². The van der Waals surface area contributed by atoms with E-state index >= 15 is 0 Å². The van der Waals surface area contributed by atoms with Gasteiger partial charge in [0.05, 0.1) is 13.2 Å². The van der Waals surface area contributed by atoms with Crippen LogP contribution in [0.4, 0.5) is 17.3 Å². The van der Waals surface area contributed by atoms with Gasteiger partial charge in [0.2, 0.25) is 0 Å². The first-order valence-corrected chi connectivity index (χ1v) is 8.13. The van der Waals surface area contributed by atoms with Gasteiger partial charge in [0, 0.05) is 43.8 Å². The lowest BCUT2D eigenvalue weighted by atomic mass is 10.0. The van der Waals surface area contributed by atoms with Crippen LogP contribution in [0.3, 0.4) is 0 Å². The summed E-state index contributed by atoms with van der Waals surface area (Å²) in [5, 5.41) is 6.80. The average Bonchev–Trinajstić information content (AvgIpc) is 2.63. The van der Waals surface area contributed by atoms with Gasteiger partial charge < -0.3 is 20.3 Å². The Labute approximate surface area is 135 Å². The third kappa shape index (κ3) is 3.28. The van der Waals surface area contributed by atoms with Crippen LogP contribution in [-0.2, 0) is 17.7 Å². The van der Waals surface area contributed by atoms with Gasteiger partial charge in [0.25, 0.3) is 0 Å². The fraction of sp³-hybridized carbons (Fsp3) is 0.412. The molecule has 0 bridgehead atoms. The zero-order valence-corrected chi connectivity index (χ0v) is 13.1. The molecule has 0 spiro atoms. The van der Waals surface area contributed by atoms with Crippen molar-refractivity contribution in [3.8, 4) is 0 Å². The van der Waals surface area contributed by atoms with Gasteiger partial charge in [-0.15, -0.1) is 0 Å². The molecule has 2 aromatic heterocycles.